The molecule has 5 aromatic rings. The molecule has 5 nitrogen and oxygen atoms in total. The molecule has 0 N–H and O–H groups in total. The van der Waals surface area contributed by atoms with Crippen LogP contribution in [0, 0.1) is 0 Å². The fourth-order valence-corrected chi connectivity index (χ4v) is 6.13. The first-order valence-electron chi connectivity index (χ1n) is 13.5. The normalized spacial score (nSPS) is 14.1. The maximum Gasteiger partial charge on any atom is 0.266 e. The van der Waals surface area contributed by atoms with E-state index in [0.717, 1.165) is 40.2 Å². The number of carbonyl (C=O) groups excluding carboxylic acids is 1. The average molecular weight is 608 g/mol. The second-order valence-corrected chi connectivity index (χ2v) is 11.8. The highest BCUT2D eigenvalue weighted by atomic mass is 35.5. The summed E-state index contributed by atoms with van der Waals surface area (Å²) in [6, 6.07) is 35.4. The lowest BCUT2D eigenvalue weighted by atomic mass is 10.1. The van der Waals surface area contributed by atoms with Crippen LogP contribution in [0.5, 0.6) is 5.75 Å². The molecule has 0 aliphatic carbocycles. The van der Waals surface area contributed by atoms with E-state index in [-0.39, 0.29) is 5.91 Å². The van der Waals surface area contributed by atoms with Gasteiger partial charge in [0.2, 0.25) is 0 Å². The van der Waals surface area contributed by atoms with Crippen LogP contribution in [-0.2, 0) is 17.8 Å². The first-order valence-corrected chi connectivity index (χ1v) is 15.1. The van der Waals surface area contributed by atoms with Crippen molar-refractivity contribution in [1.82, 2.24) is 14.7 Å². The maximum atomic E-state index is 13.4. The highest BCUT2D eigenvalue weighted by molar-refractivity contribution is 8.26. The van der Waals surface area contributed by atoms with E-state index < -0.39 is 0 Å². The standard InChI is InChI=1S/C34H26ClN3O2S2/c35-30-14-8-7-11-26(30)23-40-29-17-15-25(16-18-29)32-27(22-38(36-32)28-12-5-2-6-13-28)21-31-33(39)37(34(41)42-31)20-19-24-9-3-1-4-10-24/h1-18,21-22H,19-20,23H2. The quantitative estimate of drug-likeness (QED) is 0.125. The van der Waals surface area contributed by atoms with Crippen molar-refractivity contribution in [3.8, 4) is 22.7 Å². The van der Waals surface area contributed by atoms with Gasteiger partial charge in [0.15, 0.2) is 0 Å². The van der Waals surface area contributed by atoms with Gasteiger partial charge in [0.25, 0.3) is 5.91 Å². The van der Waals surface area contributed by atoms with E-state index in [1.165, 1.54) is 17.3 Å². The molecule has 2 heterocycles. The first-order chi connectivity index (χ1) is 20.5. The van der Waals surface area contributed by atoms with E-state index in [1.54, 1.807) is 4.90 Å². The van der Waals surface area contributed by atoms with Crippen LogP contribution in [0.3, 0.4) is 0 Å². The highest BCUT2D eigenvalue weighted by Gasteiger charge is 2.32. The predicted molar refractivity (Wildman–Crippen MR) is 175 cm³/mol. The van der Waals surface area contributed by atoms with Crippen molar-refractivity contribution in [2.45, 2.75) is 13.0 Å². The molecule has 42 heavy (non-hydrogen) atoms. The van der Waals surface area contributed by atoms with Crippen LogP contribution in [0.15, 0.2) is 120 Å². The topological polar surface area (TPSA) is 47.4 Å². The molecule has 1 aliphatic heterocycles. The van der Waals surface area contributed by atoms with Gasteiger partial charge < -0.3 is 4.74 Å². The number of thiocarbonyl (C=S) groups is 1. The Balaban J connectivity index is 1.26. The lowest BCUT2D eigenvalue weighted by Gasteiger charge is -2.14. The Morgan fingerprint density at radius 1 is 0.881 bits per heavy atom. The number of rotatable bonds is 9. The van der Waals surface area contributed by atoms with Crippen molar-refractivity contribution >= 4 is 51.9 Å². The van der Waals surface area contributed by atoms with Crippen molar-refractivity contribution in [1.29, 1.82) is 0 Å². The van der Waals surface area contributed by atoms with Crippen molar-refractivity contribution in [2.24, 2.45) is 0 Å². The summed E-state index contributed by atoms with van der Waals surface area (Å²) in [6.45, 7) is 0.914. The third-order valence-electron chi connectivity index (χ3n) is 6.87. The molecule has 0 unspecified atom stereocenters. The lowest BCUT2D eigenvalue weighted by molar-refractivity contribution is -0.122. The summed E-state index contributed by atoms with van der Waals surface area (Å²) >= 11 is 13.2. The predicted octanol–water partition coefficient (Wildman–Crippen LogP) is 8.22. The molecule has 8 heteroatoms. The van der Waals surface area contributed by atoms with E-state index >= 15 is 0 Å². The maximum absolute atomic E-state index is 13.4. The number of hydrogen-bond donors (Lipinski definition) is 0. The van der Waals surface area contributed by atoms with Gasteiger partial charge in [-0.2, -0.15) is 5.10 Å². The summed E-state index contributed by atoms with van der Waals surface area (Å²) in [5.74, 6) is 0.643. The number of ether oxygens (including phenoxy) is 1. The second-order valence-electron chi connectivity index (χ2n) is 9.69. The molecule has 1 saturated heterocycles. The number of carbonyl (C=O) groups is 1. The highest BCUT2D eigenvalue weighted by Crippen LogP contribution is 2.35. The SMILES string of the molecule is O=C1C(=Cc2cn(-c3ccccc3)nc2-c2ccc(OCc3ccccc3Cl)cc2)SC(=S)N1CCc1ccccc1. The molecule has 0 atom stereocenters. The summed E-state index contributed by atoms with van der Waals surface area (Å²) < 4.78 is 8.38. The number of amides is 1. The minimum atomic E-state index is -0.0809. The minimum Gasteiger partial charge on any atom is -0.489 e. The fraction of sp³-hybridized carbons (Fsp3) is 0.0882. The van der Waals surface area contributed by atoms with E-state index in [4.69, 9.17) is 33.7 Å². The number of benzene rings is 4. The third kappa shape index (κ3) is 6.34. The Bertz CT molecular complexity index is 1750. The molecular weight excluding hydrogens is 582 g/mol. The Morgan fingerprint density at radius 3 is 2.31 bits per heavy atom. The molecule has 6 rings (SSSR count). The summed E-state index contributed by atoms with van der Waals surface area (Å²) in [7, 11) is 0. The number of thioether (sulfide) groups is 1. The zero-order valence-corrected chi connectivity index (χ0v) is 24.9. The van der Waals surface area contributed by atoms with E-state index in [9.17, 15) is 4.79 Å². The molecule has 0 saturated carbocycles. The fourth-order valence-electron chi connectivity index (χ4n) is 4.64. The summed E-state index contributed by atoms with van der Waals surface area (Å²) in [4.78, 5) is 15.7. The molecule has 0 bridgehead atoms. The summed E-state index contributed by atoms with van der Waals surface area (Å²) in [5, 5.41) is 5.59. The van der Waals surface area contributed by atoms with Crippen LogP contribution in [0.2, 0.25) is 5.02 Å². The summed E-state index contributed by atoms with van der Waals surface area (Å²) in [5.41, 5.74) is 5.50. The van der Waals surface area contributed by atoms with Gasteiger partial charge in [-0.15, -0.1) is 0 Å². The zero-order chi connectivity index (χ0) is 28.9. The van der Waals surface area contributed by atoms with Crippen molar-refractivity contribution in [3.63, 3.8) is 0 Å². The van der Waals surface area contributed by atoms with Crippen molar-refractivity contribution in [2.75, 3.05) is 6.54 Å². The van der Waals surface area contributed by atoms with Crippen LogP contribution in [0.4, 0.5) is 0 Å². The van der Waals surface area contributed by atoms with Gasteiger partial charge in [0.1, 0.15) is 16.7 Å². The number of para-hydroxylation sites is 1. The molecule has 4 aromatic carbocycles. The van der Waals surface area contributed by atoms with E-state index in [2.05, 4.69) is 12.1 Å². The second kappa shape index (κ2) is 12.8. The molecule has 1 fully saturated rings. The Kier molecular flexibility index (Phi) is 8.51. The van der Waals surface area contributed by atoms with E-state index in [0.29, 0.717) is 27.4 Å². The number of hydrogen-bond acceptors (Lipinski definition) is 5. The molecule has 0 spiro atoms. The molecule has 0 radical (unpaired) electrons. The third-order valence-corrected chi connectivity index (χ3v) is 8.62. The molecule has 1 aliphatic rings. The number of nitrogens with zero attached hydrogens (tertiary/aromatic N) is 3. The molecular formula is C34H26ClN3O2S2. The monoisotopic (exact) mass is 607 g/mol. The van der Waals surface area contributed by atoms with Gasteiger partial charge in [-0.05, 0) is 60.5 Å². The number of halogens is 1. The zero-order valence-electron chi connectivity index (χ0n) is 22.5. The molecule has 208 valence electrons. The van der Waals surface area contributed by atoms with E-state index in [1.807, 2.05) is 114 Å². The Hall–Kier alpha value is -4.17. The Morgan fingerprint density at radius 2 is 1.57 bits per heavy atom. The minimum absolute atomic E-state index is 0.0809. The van der Waals surface area contributed by atoms with Crippen molar-refractivity contribution in [3.05, 3.63) is 142 Å². The van der Waals surface area contributed by atoms with Crippen LogP contribution in [0.25, 0.3) is 23.0 Å². The van der Waals surface area contributed by atoms with Gasteiger partial charge in [-0.1, -0.05) is 102 Å². The average Bonchev–Trinajstić information content (AvgIpc) is 3.56. The van der Waals surface area contributed by atoms with Crippen LogP contribution in [-0.4, -0.2) is 31.5 Å². The van der Waals surface area contributed by atoms with Gasteiger partial charge in [0, 0.05) is 34.5 Å². The van der Waals surface area contributed by atoms with Gasteiger partial charge in [-0.3, -0.25) is 9.69 Å². The largest absolute Gasteiger partial charge is 0.489 e. The molecule has 1 amide bonds. The van der Waals surface area contributed by atoms with Crippen molar-refractivity contribution < 1.29 is 9.53 Å². The van der Waals surface area contributed by atoms with Gasteiger partial charge >= 0.3 is 0 Å². The first kappa shape index (κ1) is 28.0. The Labute approximate surface area is 259 Å². The number of aromatic nitrogens is 2. The lowest BCUT2D eigenvalue weighted by Crippen LogP contribution is -2.30. The van der Waals surface area contributed by atoms with Crippen LogP contribution in [0.1, 0.15) is 16.7 Å². The molecule has 1 aromatic heterocycles. The van der Waals surface area contributed by atoms with Gasteiger partial charge in [0.05, 0.1) is 16.3 Å². The van der Waals surface area contributed by atoms with Crippen LogP contribution >= 0.6 is 35.6 Å². The summed E-state index contributed by atoms with van der Waals surface area (Å²) in [6.07, 6.45) is 4.58. The smallest absolute Gasteiger partial charge is 0.266 e. The van der Waals surface area contributed by atoms with Crippen LogP contribution < -0.4 is 4.74 Å². The van der Waals surface area contributed by atoms with Gasteiger partial charge in [-0.25, -0.2) is 4.68 Å².